The minimum absolute atomic E-state index is 1.10. The van der Waals surface area contributed by atoms with Crippen LogP contribution in [0.2, 0.25) is 0 Å². The van der Waals surface area contributed by atoms with E-state index in [0.29, 0.717) is 0 Å². The molecule has 0 saturated carbocycles. The van der Waals surface area contributed by atoms with Crippen molar-refractivity contribution in [2.24, 2.45) is 0 Å². The van der Waals surface area contributed by atoms with Gasteiger partial charge in [0.25, 0.3) is 0 Å². The molecular weight excluding hydrogens is 194 g/mol. The Bertz CT molecular complexity index is 307. The van der Waals surface area contributed by atoms with Crippen molar-refractivity contribution in [3.8, 4) is 0 Å². The van der Waals surface area contributed by atoms with E-state index in [1.807, 2.05) is 11.3 Å². The summed E-state index contributed by atoms with van der Waals surface area (Å²) in [4.78, 5) is 8.69. The third-order valence-electron chi connectivity index (χ3n) is 2.97. The number of anilines is 1. The summed E-state index contributed by atoms with van der Waals surface area (Å²) >= 11 is 1.92. The van der Waals surface area contributed by atoms with Gasteiger partial charge in [-0.15, -0.1) is 11.3 Å². The van der Waals surface area contributed by atoms with Crippen LogP contribution in [0.25, 0.3) is 0 Å². The molecule has 3 nitrogen and oxygen atoms in total. The Morgan fingerprint density at radius 1 is 1.21 bits per heavy atom. The molecule has 0 spiro atoms. The third kappa shape index (κ3) is 1.42. The van der Waals surface area contributed by atoms with Gasteiger partial charge < -0.3 is 10.2 Å². The van der Waals surface area contributed by atoms with Crippen LogP contribution in [0.1, 0.15) is 17.0 Å². The molecule has 0 aromatic carbocycles. The van der Waals surface area contributed by atoms with Gasteiger partial charge in [0, 0.05) is 31.1 Å². The van der Waals surface area contributed by atoms with Gasteiger partial charge in [-0.1, -0.05) is 0 Å². The first kappa shape index (κ1) is 8.68. The van der Waals surface area contributed by atoms with Crippen molar-refractivity contribution < 1.29 is 0 Å². The summed E-state index contributed by atoms with van der Waals surface area (Å²) in [5, 5.41) is 4.63. The molecule has 1 aliphatic carbocycles. The summed E-state index contributed by atoms with van der Waals surface area (Å²) in [6.45, 7) is 4.44. The van der Waals surface area contributed by atoms with E-state index in [1.165, 1.54) is 30.1 Å². The van der Waals surface area contributed by atoms with Gasteiger partial charge in [0.15, 0.2) is 5.13 Å². The molecule has 2 heterocycles. The van der Waals surface area contributed by atoms with Crippen LogP contribution in [-0.2, 0) is 12.8 Å². The van der Waals surface area contributed by atoms with E-state index < -0.39 is 0 Å². The Labute approximate surface area is 88.1 Å². The molecule has 1 aromatic heterocycles. The maximum atomic E-state index is 4.73. The second-order valence-electron chi connectivity index (χ2n) is 3.96. The number of aromatic nitrogens is 1. The number of nitrogens with one attached hydrogen (secondary N) is 1. The number of fused-ring (bicyclic) bond motifs is 1. The summed E-state index contributed by atoms with van der Waals surface area (Å²) < 4.78 is 0. The molecule has 0 unspecified atom stereocenters. The molecule has 1 N–H and O–H groups in total. The maximum absolute atomic E-state index is 4.73. The quantitative estimate of drug-likeness (QED) is 0.749. The van der Waals surface area contributed by atoms with Crippen LogP contribution in [0, 0.1) is 0 Å². The third-order valence-corrected chi connectivity index (χ3v) is 4.19. The minimum atomic E-state index is 1.10. The molecular formula is C10H15N3S. The van der Waals surface area contributed by atoms with Gasteiger partial charge in [-0.05, 0) is 19.3 Å². The first-order chi connectivity index (χ1) is 6.93. The lowest BCUT2D eigenvalue weighted by molar-refractivity contribution is 0.588. The van der Waals surface area contributed by atoms with Crippen molar-refractivity contribution in [3.05, 3.63) is 10.6 Å². The predicted octanol–water partition coefficient (Wildman–Crippen LogP) is 1.04. The van der Waals surface area contributed by atoms with Gasteiger partial charge in [0.2, 0.25) is 0 Å². The molecule has 1 aliphatic heterocycles. The average molecular weight is 209 g/mol. The van der Waals surface area contributed by atoms with E-state index in [0.717, 1.165) is 26.2 Å². The number of piperazine rings is 1. The van der Waals surface area contributed by atoms with E-state index in [4.69, 9.17) is 4.98 Å². The van der Waals surface area contributed by atoms with Crippen molar-refractivity contribution in [2.45, 2.75) is 19.3 Å². The largest absolute Gasteiger partial charge is 0.346 e. The molecule has 0 atom stereocenters. The number of nitrogens with zero attached hydrogens (tertiary/aromatic N) is 2. The maximum Gasteiger partial charge on any atom is 0.185 e. The summed E-state index contributed by atoms with van der Waals surface area (Å²) in [7, 11) is 0. The standard InChI is InChI=1S/C10H15N3S/c1-2-8-9(3-1)14-10(12-8)13-6-4-11-5-7-13/h11H,1-7H2. The highest BCUT2D eigenvalue weighted by Gasteiger charge is 2.20. The Morgan fingerprint density at radius 3 is 2.86 bits per heavy atom. The van der Waals surface area contributed by atoms with Crippen LogP contribution in [-0.4, -0.2) is 31.2 Å². The van der Waals surface area contributed by atoms with Crippen molar-refractivity contribution in [2.75, 3.05) is 31.1 Å². The Morgan fingerprint density at radius 2 is 2.07 bits per heavy atom. The fourth-order valence-corrected chi connectivity index (χ4v) is 3.37. The highest BCUT2D eigenvalue weighted by atomic mass is 32.1. The zero-order chi connectivity index (χ0) is 9.38. The van der Waals surface area contributed by atoms with Crippen molar-refractivity contribution in [3.63, 3.8) is 0 Å². The number of hydrogen-bond acceptors (Lipinski definition) is 4. The lowest BCUT2D eigenvalue weighted by Gasteiger charge is -2.26. The van der Waals surface area contributed by atoms with Gasteiger partial charge in [0.05, 0.1) is 5.69 Å². The highest BCUT2D eigenvalue weighted by Crippen LogP contribution is 2.32. The van der Waals surface area contributed by atoms with Crippen LogP contribution >= 0.6 is 11.3 Å². The van der Waals surface area contributed by atoms with Crippen molar-refractivity contribution >= 4 is 16.5 Å². The zero-order valence-corrected chi connectivity index (χ0v) is 9.07. The van der Waals surface area contributed by atoms with Gasteiger partial charge in [-0.3, -0.25) is 0 Å². The van der Waals surface area contributed by atoms with Crippen LogP contribution < -0.4 is 10.2 Å². The summed E-state index contributed by atoms with van der Waals surface area (Å²) in [6, 6.07) is 0. The van der Waals surface area contributed by atoms with E-state index in [9.17, 15) is 0 Å². The second kappa shape index (κ2) is 3.51. The molecule has 1 aromatic rings. The minimum Gasteiger partial charge on any atom is -0.346 e. The molecule has 3 rings (SSSR count). The monoisotopic (exact) mass is 209 g/mol. The summed E-state index contributed by atoms with van der Waals surface area (Å²) in [5.74, 6) is 0. The smallest absolute Gasteiger partial charge is 0.185 e. The van der Waals surface area contributed by atoms with Crippen LogP contribution in [0.5, 0.6) is 0 Å². The predicted molar refractivity (Wildman–Crippen MR) is 59.2 cm³/mol. The number of aryl methyl sites for hydroxylation is 2. The second-order valence-corrected chi connectivity index (χ2v) is 5.02. The molecule has 1 fully saturated rings. The average Bonchev–Trinajstić information content (AvgIpc) is 2.78. The van der Waals surface area contributed by atoms with Gasteiger partial charge >= 0.3 is 0 Å². The topological polar surface area (TPSA) is 28.2 Å². The van der Waals surface area contributed by atoms with Gasteiger partial charge in [-0.2, -0.15) is 0 Å². The lowest BCUT2D eigenvalue weighted by atomic mass is 10.4. The van der Waals surface area contributed by atoms with Crippen LogP contribution in [0.15, 0.2) is 0 Å². The Hall–Kier alpha value is -0.610. The number of hydrogen-bond donors (Lipinski definition) is 1. The molecule has 0 amide bonds. The van der Waals surface area contributed by atoms with Crippen LogP contribution in [0.4, 0.5) is 5.13 Å². The van der Waals surface area contributed by atoms with Crippen molar-refractivity contribution in [1.29, 1.82) is 0 Å². The summed E-state index contributed by atoms with van der Waals surface area (Å²) in [6.07, 6.45) is 3.78. The first-order valence-electron chi connectivity index (χ1n) is 5.38. The van der Waals surface area contributed by atoms with E-state index >= 15 is 0 Å². The van der Waals surface area contributed by atoms with Gasteiger partial charge in [0.1, 0.15) is 0 Å². The molecule has 76 valence electrons. The molecule has 0 radical (unpaired) electrons. The van der Waals surface area contributed by atoms with Crippen molar-refractivity contribution in [1.82, 2.24) is 10.3 Å². The van der Waals surface area contributed by atoms with E-state index in [1.54, 1.807) is 4.88 Å². The van der Waals surface area contributed by atoms with Gasteiger partial charge in [-0.25, -0.2) is 4.98 Å². The summed E-state index contributed by atoms with van der Waals surface area (Å²) in [5.41, 5.74) is 1.38. The molecule has 4 heteroatoms. The molecule has 14 heavy (non-hydrogen) atoms. The fraction of sp³-hybridized carbons (Fsp3) is 0.700. The number of thiazole rings is 1. The molecule has 2 aliphatic rings. The highest BCUT2D eigenvalue weighted by molar-refractivity contribution is 7.15. The normalized spacial score (nSPS) is 21.3. The zero-order valence-electron chi connectivity index (χ0n) is 8.25. The Balaban J connectivity index is 1.82. The molecule has 1 saturated heterocycles. The number of rotatable bonds is 1. The fourth-order valence-electron chi connectivity index (χ4n) is 2.17. The van der Waals surface area contributed by atoms with E-state index in [-0.39, 0.29) is 0 Å². The first-order valence-corrected chi connectivity index (χ1v) is 6.19. The molecule has 0 bridgehead atoms. The SMILES string of the molecule is C1Cc2nc(N3CCNCC3)sc2C1. The van der Waals surface area contributed by atoms with E-state index in [2.05, 4.69) is 10.2 Å². The Kier molecular flexibility index (Phi) is 2.18. The van der Waals surface area contributed by atoms with Crippen LogP contribution in [0.3, 0.4) is 0 Å². The lowest BCUT2D eigenvalue weighted by Crippen LogP contribution is -2.43.